The molecule has 0 aromatic heterocycles. The van der Waals surface area contributed by atoms with Crippen molar-refractivity contribution in [3.63, 3.8) is 0 Å². The molecule has 0 atom stereocenters. The lowest BCUT2D eigenvalue weighted by atomic mass is 10.1. The molecule has 130 valence electrons. The Morgan fingerprint density at radius 3 is 1.57 bits per heavy atom. The van der Waals surface area contributed by atoms with Crippen molar-refractivity contribution < 1.29 is 9.47 Å². The van der Waals surface area contributed by atoms with Crippen LogP contribution in [0.5, 0.6) is 5.75 Å². The minimum Gasteiger partial charge on any atom is -0.491 e. The molecule has 0 unspecified atom stereocenters. The summed E-state index contributed by atoms with van der Waals surface area (Å²) >= 11 is 0. The summed E-state index contributed by atoms with van der Waals surface area (Å²) in [5.41, 5.74) is 2.42. The number of hydrogen-bond donors (Lipinski definition) is 0. The highest BCUT2D eigenvalue weighted by Gasteiger charge is 1.97. The zero-order valence-corrected chi connectivity index (χ0v) is 15.9. The Morgan fingerprint density at radius 2 is 1.09 bits per heavy atom. The Hall–Kier alpha value is -1.80. The standard InChI is InChI=1S/C15H16O2.3C2H6/c1-16-11-12-17-15-9-7-14(8-10-15)13-5-3-2-4-6-13;3*1-2/h2-10H,11-12H2,1H3;3*1-2H3. The van der Waals surface area contributed by atoms with Gasteiger partial charge in [0.15, 0.2) is 0 Å². The van der Waals surface area contributed by atoms with Crippen molar-refractivity contribution in [3.8, 4) is 16.9 Å². The lowest BCUT2D eigenvalue weighted by Crippen LogP contribution is -2.03. The number of methoxy groups -OCH3 is 1. The lowest BCUT2D eigenvalue weighted by molar-refractivity contribution is 0.146. The normalized spacial score (nSPS) is 8.30. The zero-order valence-electron chi connectivity index (χ0n) is 15.9. The number of benzene rings is 2. The largest absolute Gasteiger partial charge is 0.491 e. The third-order valence-electron chi connectivity index (χ3n) is 2.52. The van der Waals surface area contributed by atoms with Gasteiger partial charge >= 0.3 is 0 Å². The number of ether oxygens (including phenoxy) is 2. The van der Waals surface area contributed by atoms with Gasteiger partial charge in [-0.2, -0.15) is 0 Å². The molecule has 0 saturated carbocycles. The Kier molecular flexibility index (Phi) is 18.6. The summed E-state index contributed by atoms with van der Waals surface area (Å²) in [7, 11) is 1.67. The molecule has 0 saturated heterocycles. The van der Waals surface area contributed by atoms with Crippen LogP contribution in [0.2, 0.25) is 0 Å². The molecule has 2 aromatic carbocycles. The summed E-state index contributed by atoms with van der Waals surface area (Å²) in [4.78, 5) is 0. The van der Waals surface area contributed by atoms with E-state index in [1.807, 2.05) is 71.9 Å². The first-order chi connectivity index (χ1) is 11.4. The second-order valence-corrected chi connectivity index (χ2v) is 3.73. The van der Waals surface area contributed by atoms with Crippen LogP contribution >= 0.6 is 0 Å². The van der Waals surface area contributed by atoms with Crippen LogP contribution in [0.1, 0.15) is 41.5 Å². The maximum Gasteiger partial charge on any atom is 0.119 e. The van der Waals surface area contributed by atoms with Crippen molar-refractivity contribution in [2.75, 3.05) is 20.3 Å². The Labute approximate surface area is 143 Å². The van der Waals surface area contributed by atoms with E-state index in [2.05, 4.69) is 24.3 Å². The second-order valence-electron chi connectivity index (χ2n) is 3.73. The maximum absolute atomic E-state index is 5.51. The third kappa shape index (κ3) is 10.5. The SMILES string of the molecule is CC.CC.CC.COCCOc1ccc(-c2ccccc2)cc1. The number of hydrogen-bond acceptors (Lipinski definition) is 2. The molecule has 0 amide bonds. The van der Waals surface area contributed by atoms with Crippen LogP contribution in [0.15, 0.2) is 54.6 Å². The first-order valence-electron chi connectivity index (χ1n) is 8.67. The summed E-state index contributed by atoms with van der Waals surface area (Å²) in [5, 5.41) is 0. The van der Waals surface area contributed by atoms with Gasteiger partial charge in [0.1, 0.15) is 12.4 Å². The number of rotatable bonds is 5. The molecule has 23 heavy (non-hydrogen) atoms. The first-order valence-corrected chi connectivity index (χ1v) is 8.67. The highest BCUT2D eigenvalue weighted by molar-refractivity contribution is 5.63. The molecule has 0 aliphatic rings. The van der Waals surface area contributed by atoms with Crippen molar-refractivity contribution in [1.29, 1.82) is 0 Å². The molecule has 0 heterocycles. The van der Waals surface area contributed by atoms with Gasteiger partial charge in [0.2, 0.25) is 0 Å². The van der Waals surface area contributed by atoms with Gasteiger partial charge in [0.05, 0.1) is 6.61 Å². The fourth-order valence-electron chi connectivity index (χ4n) is 1.62. The summed E-state index contributed by atoms with van der Waals surface area (Å²) < 4.78 is 10.4. The van der Waals surface area contributed by atoms with Crippen molar-refractivity contribution in [2.45, 2.75) is 41.5 Å². The van der Waals surface area contributed by atoms with Crippen molar-refractivity contribution >= 4 is 0 Å². The van der Waals surface area contributed by atoms with Gasteiger partial charge in [-0.05, 0) is 23.3 Å². The lowest BCUT2D eigenvalue weighted by Gasteiger charge is -2.06. The molecular weight excluding hydrogens is 284 g/mol. The highest BCUT2D eigenvalue weighted by atomic mass is 16.5. The van der Waals surface area contributed by atoms with E-state index in [0.29, 0.717) is 13.2 Å². The van der Waals surface area contributed by atoms with Gasteiger partial charge in [-0.25, -0.2) is 0 Å². The summed E-state index contributed by atoms with van der Waals surface area (Å²) in [6.45, 7) is 13.2. The van der Waals surface area contributed by atoms with Crippen LogP contribution in [0, 0.1) is 0 Å². The minimum absolute atomic E-state index is 0.585. The van der Waals surface area contributed by atoms with Crippen molar-refractivity contribution in [2.24, 2.45) is 0 Å². The van der Waals surface area contributed by atoms with E-state index >= 15 is 0 Å². The van der Waals surface area contributed by atoms with Crippen LogP contribution in [-0.4, -0.2) is 20.3 Å². The quantitative estimate of drug-likeness (QED) is 0.589. The topological polar surface area (TPSA) is 18.5 Å². The molecule has 0 N–H and O–H groups in total. The first kappa shape index (κ1) is 23.5. The predicted octanol–water partition coefficient (Wildman–Crippen LogP) is 6.46. The van der Waals surface area contributed by atoms with Crippen molar-refractivity contribution in [3.05, 3.63) is 54.6 Å². The van der Waals surface area contributed by atoms with E-state index in [1.54, 1.807) is 7.11 Å². The monoisotopic (exact) mass is 318 g/mol. The second kappa shape index (κ2) is 18.2. The Balaban J connectivity index is 0. The molecule has 0 spiro atoms. The zero-order chi connectivity index (χ0) is 17.9. The fourth-order valence-corrected chi connectivity index (χ4v) is 1.62. The molecule has 2 heteroatoms. The molecule has 0 aliphatic carbocycles. The molecule has 0 bridgehead atoms. The molecule has 0 radical (unpaired) electrons. The van der Waals surface area contributed by atoms with E-state index < -0.39 is 0 Å². The molecule has 2 aromatic rings. The molecule has 0 aliphatic heterocycles. The average molecular weight is 319 g/mol. The van der Waals surface area contributed by atoms with Crippen molar-refractivity contribution in [1.82, 2.24) is 0 Å². The molecule has 2 rings (SSSR count). The molecule has 0 fully saturated rings. The van der Waals surface area contributed by atoms with E-state index in [0.717, 1.165) is 5.75 Å². The fraction of sp³-hybridized carbons (Fsp3) is 0.429. The maximum atomic E-state index is 5.51. The van der Waals surface area contributed by atoms with Crippen LogP contribution in [-0.2, 0) is 4.74 Å². The van der Waals surface area contributed by atoms with Gasteiger partial charge < -0.3 is 9.47 Å². The molecular formula is C21H34O2. The summed E-state index contributed by atoms with van der Waals surface area (Å²) in [6, 6.07) is 18.4. The Morgan fingerprint density at radius 1 is 0.609 bits per heavy atom. The van der Waals surface area contributed by atoms with E-state index in [9.17, 15) is 0 Å². The van der Waals surface area contributed by atoms with Crippen LogP contribution in [0.3, 0.4) is 0 Å². The highest BCUT2D eigenvalue weighted by Crippen LogP contribution is 2.21. The minimum atomic E-state index is 0.585. The van der Waals surface area contributed by atoms with Gasteiger partial charge in [0, 0.05) is 7.11 Å². The van der Waals surface area contributed by atoms with Crippen LogP contribution < -0.4 is 4.74 Å². The van der Waals surface area contributed by atoms with Crippen LogP contribution in [0.4, 0.5) is 0 Å². The van der Waals surface area contributed by atoms with Crippen LogP contribution in [0.25, 0.3) is 11.1 Å². The average Bonchev–Trinajstić information content (AvgIpc) is 2.68. The molecule has 2 nitrogen and oxygen atoms in total. The Bertz CT molecular complexity index is 435. The van der Waals surface area contributed by atoms with E-state index in [1.165, 1.54) is 11.1 Å². The van der Waals surface area contributed by atoms with Gasteiger partial charge in [0.25, 0.3) is 0 Å². The van der Waals surface area contributed by atoms with Gasteiger partial charge in [-0.15, -0.1) is 0 Å². The smallest absolute Gasteiger partial charge is 0.119 e. The van der Waals surface area contributed by atoms with E-state index in [4.69, 9.17) is 9.47 Å². The van der Waals surface area contributed by atoms with Gasteiger partial charge in [-0.3, -0.25) is 0 Å². The van der Waals surface area contributed by atoms with Gasteiger partial charge in [-0.1, -0.05) is 84.0 Å². The third-order valence-corrected chi connectivity index (χ3v) is 2.52. The summed E-state index contributed by atoms with van der Waals surface area (Å²) in [6.07, 6.45) is 0. The predicted molar refractivity (Wildman–Crippen MR) is 103 cm³/mol. The van der Waals surface area contributed by atoms with E-state index in [-0.39, 0.29) is 0 Å². The summed E-state index contributed by atoms with van der Waals surface area (Å²) in [5.74, 6) is 0.877.